The molecule has 0 spiro atoms. The molecular weight excluding hydrogens is 273 g/mol. The molecule has 4 nitrogen and oxygen atoms in total. The highest BCUT2D eigenvalue weighted by Gasteiger charge is 2.12. The van der Waals surface area contributed by atoms with Gasteiger partial charge in [-0.3, -0.25) is 9.69 Å². The van der Waals surface area contributed by atoms with Gasteiger partial charge in [0.1, 0.15) is 0 Å². The molecule has 2 N–H and O–H groups in total. The molecule has 0 unspecified atom stereocenters. The smallest absolute Gasteiger partial charge is 0.221 e. The first-order valence-electron chi connectivity index (χ1n) is 6.16. The van der Waals surface area contributed by atoms with E-state index in [4.69, 9.17) is 0 Å². The minimum atomic E-state index is 0. The topological polar surface area (TPSA) is 44.4 Å². The Balaban J connectivity index is -0.00000112. The van der Waals surface area contributed by atoms with E-state index in [-0.39, 0.29) is 30.7 Å². The van der Waals surface area contributed by atoms with Crippen molar-refractivity contribution in [3.63, 3.8) is 0 Å². The molecule has 0 aliphatic heterocycles. The number of rotatable bonds is 8. The van der Waals surface area contributed by atoms with E-state index in [0.717, 1.165) is 19.6 Å². The largest absolute Gasteiger partial charge is 0.355 e. The van der Waals surface area contributed by atoms with Gasteiger partial charge in [0, 0.05) is 38.1 Å². The lowest BCUT2D eigenvalue weighted by atomic mass is 10.2. The molecule has 0 heterocycles. The highest BCUT2D eigenvalue weighted by atomic mass is 35.5. The first-order chi connectivity index (χ1) is 7.49. The standard InChI is InChI=1S/C12H27N3O.2ClH/c1-10(2)15(11(3)4)9-8-14-12(16)6-7-13-5;;/h10-11,13H,6-9H2,1-5H3,(H,14,16);2*1H. The zero-order valence-electron chi connectivity index (χ0n) is 12.2. The summed E-state index contributed by atoms with van der Waals surface area (Å²) in [6, 6.07) is 1.04. The summed E-state index contributed by atoms with van der Waals surface area (Å²) in [5.41, 5.74) is 0. The molecule has 0 aliphatic carbocycles. The van der Waals surface area contributed by atoms with Crippen LogP contribution in [-0.4, -0.2) is 49.6 Å². The van der Waals surface area contributed by atoms with Crippen molar-refractivity contribution in [2.24, 2.45) is 0 Å². The van der Waals surface area contributed by atoms with Gasteiger partial charge in [0.25, 0.3) is 0 Å². The van der Waals surface area contributed by atoms with Gasteiger partial charge >= 0.3 is 0 Å². The van der Waals surface area contributed by atoms with Crippen molar-refractivity contribution in [3.8, 4) is 0 Å². The maximum Gasteiger partial charge on any atom is 0.221 e. The van der Waals surface area contributed by atoms with Crippen LogP contribution in [0.3, 0.4) is 0 Å². The number of amides is 1. The quantitative estimate of drug-likeness (QED) is 0.717. The maximum absolute atomic E-state index is 11.4. The summed E-state index contributed by atoms with van der Waals surface area (Å²) in [5.74, 6) is 0.127. The van der Waals surface area contributed by atoms with Crippen LogP contribution < -0.4 is 10.6 Å². The number of hydrogen-bond donors (Lipinski definition) is 2. The Hall–Kier alpha value is -0.0300. The van der Waals surface area contributed by atoms with Crippen LogP contribution in [0.2, 0.25) is 0 Å². The molecule has 0 aromatic rings. The van der Waals surface area contributed by atoms with Gasteiger partial charge in [0.15, 0.2) is 0 Å². The zero-order valence-corrected chi connectivity index (χ0v) is 13.8. The molecule has 0 rings (SSSR count). The van der Waals surface area contributed by atoms with Crippen molar-refractivity contribution >= 4 is 30.7 Å². The predicted molar refractivity (Wildman–Crippen MR) is 83.0 cm³/mol. The zero-order chi connectivity index (χ0) is 12.6. The van der Waals surface area contributed by atoms with Crippen molar-refractivity contribution in [3.05, 3.63) is 0 Å². The van der Waals surface area contributed by atoms with Gasteiger partial charge in [-0.05, 0) is 34.7 Å². The second-order valence-corrected chi connectivity index (χ2v) is 4.63. The van der Waals surface area contributed by atoms with E-state index in [1.807, 2.05) is 7.05 Å². The van der Waals surface area contributed by atoms with Crippen LogP contribution in [0.25, 0.3) is 0 Å². The molecule has 0 atom stereocenters. The molecule has 1 amide bonds. The second-order valence-electron chi connectivity index (χ2n) is 4.63. The Kier molecular flexibility index (Phi) is 17.2. The van der Waals surface area contributed by atoms with Crippen LogP contribution in [0.1, 0.15) is 34.1 Å². The Bertz CT molecular complexity index is 194. The normalized spacial score (nSPS) is 10.2. The van der Waals surface area contributed by atoms with Crippen molar-refractivity contribution in [2.45, 2.75) is 46.2 Å². The summed E-state index contributed by atoms with van der Waals surface area (Å²) >= 11 is 0. The van der Waals surface area contributed by atoms with Gasteiger partial charge in [-0.25, -0.2) is 0 Å². The number of hydrogen-bond acceptors (Lipinski definition) is 3. The minimum Gasteiger partial charge on any atom is -0.355 e. The first kappa shape index (κ1) is 23.1. The monoisotopic (exact) mass is 301 g/mol. The van der Waals surface area contributed by atoms with Gasteiger partial charge in [0.2, 0.25) is 5.91 Å². The van der Waals surface area contributed by atoms with E-state index in [0.29, 0.717) is 18.5 Å². The minimum absolute atomic E-state index is 0. The van der Waals surface area contributed by atoms with E-state index in [1.165, 1.54) is 0 Å². The molecule has 0 saturated carbocycles. The molecule has 0 aliphatic rings. The maximum atomic E-state index is 11.4. The van der Waals surface area contributed by atoms with E-state index in [1.54, 1.807) is 0 Å². The lowest BCUT2D eigenvalue weighted by Crippen LogP contribution is -2.42. The Labute approximate surface area is 124 Å². The van der Waals surface area contributed by atoms with Crippen molar-refractivity contribution in [1.82, 2.24) is 15.5 Å². The summed E-state index contributed by atoms with van der Waals surface area (Å²) in [4.78, 5) is 13.7. The average Bonchev–Trinajstić information content (AvgIpc) is 2.20. The Morgan fingerprint density at radius 2 is 1.56 bits per heavy atom. The van der Waals surface area contributed by atoms with Crippen LogP contribution in [0.5, 0.6) is 0 Å². The van der Waals surface area contributed by atoms with Crippen molar-refractivity contribution in [2.75, 3.05) is 26.7 Å². The van der Waals surface area contributed by atoms with E-state index < -0.39 is 0 Å². The number of nitrogens with zero attached hydrogens (tertiary/aromatic N) is 1. The van der Waals surface area contributed by atoms with Gasteiger partial charge in [-0.15, -0.1) is 24.8 Å². The molecule has 0 bridgehead atoms. The van der Waals surface area contributed by atoms with Crippen LogP contribution in [-0.2, 0) is 4.79 Å². The second kappa shape index (κ2) is 13.4. The highest BCUT2D eigenvalue weighted by molar-refractivity contribution is 5.85. The van der Waals surface area contributed by atoms with Gasteiger partial charge in [-0.1, -0.05) is 0 Å². The summed E-state index contributed by atoms with van der Waals surface area (Å²) in [6.07, 6.45) is 0.555. The lowest BCUT2D eigenvalue weighted by Gasteiger charge is -2.30. The SMILES string of the molecule is CNCCC(=O)NCCN(C(C)C)C(C)C.Cl.Cl. The average molecular weight is 302 g/mol. The van der Waals surface area contributed by atoms with Gasteiger partial charge in [0.05, 0.1) is 0 Å². The summed E-state index contributed by atoms with van der Waals surface area (Å²) in [6.45, 7) is 11.1. The molecule has 6 heteroatoms. The van der Waals surface area contributed by atoms with Crippen molar-refractivity contribution < 1.29 is 4.79 Å². The molecule has 0 fully saturated rings. The van der Waals surface area contributed by atoms with E-state index in [2.05, 4.69) is 43.2 Å². The number of halogens is 2. The molecule has 0 aromatic carbocycles. The number of carbonyl (C=O) groups is 1. The lowest BCUT2D eigenvalue weighted by molar-refractivity contribution is -0.121. The van der Waals surface area contributed by atoms with Gasteiger partial charge in [-0.2, -0.15) is 0 Å². The van der Waals surface area contributed by atoms with Gasteiger partial charge < -0.3 is 10.6 Å². The predicted octanol–water partition coefficient (Wildman–Crippen LogP) is 1.67. The van der Waals surface area contributed by atoms with E-state index >= 15 is 0 Å². The molecule has 112 valence electrons. The van der Waals surface area contributed by atoms with Crippen LogP contribution >= 0.6 is 24.8 Å². The third-order valence-electron chi connectivity index (χ3n) is 2.62. The Morgan fingerprint density at radius 3 is 1.94 bits per heavy atom. The molecular formula is C12H29Cl2N3O. The third kappa shape index (κ3) is 11.1. The first-order valence-corrected chi connectivity index (χ1v) is 6.16. The molecule has 18 heavy (non-hydrogen) atoms. The fraction of sp³-hybridized carbons (Fsp3) is 0.917. The summed E-state index contributed by atoms with van der Waals surface area (Å²) in [5, 5.41) is 5.90. The summed E-state index contributed by atoms with van der Waals surface area (Å²) < 4.78 is 0. The summed E-state index contributed by atoms with van der Waals surface area (Å²) in [7, 11) is 1.85. The van der Waals surface area contributed by atoms with E-state index in [9.17, 15) is 4.79 Å². The van der Waals surface area contributed by atoms with Crippen molar-refractivity contribution in [1.29, 1.82) is 0 Å². The molecule has 0 saturated heterocycles. The molecule has 0 aromatic heterocycles. The third-order valence-corrected chi connectivity index (χ3v) is 2.62. The molecule has 0 radical (unpaired) electrons. The van der Waals surface area contributed by atoms with Crippen LogP contribution in [0.4, 0.5) is 0 Å². The fourth-order valence-corrected chi connectivity index (χ4v) is 1.76. The van der Waals surface area contributed by atoms with Crippen LogP contribution in [0.15, 0.2) is 0 Å². The fourth-order valence-electron chi connectivity index (χ4n) is 1.76. The Morgan fingerprint density at radius 1 is 1.06 bits per heavy atom. The number of carbonyl (C=O) groups excluding carboxylic acids is 1. The highest BCUT2D eigenvalue weighted by Crippen LogP contribution is 2.03. The number of nitrogens with one attached hydrogen (secondary N) is 2. The van der Waals surface area contributed by atoms with Crippen LogP contribution in [0, 0.1) is 0 Å².